The fraction of sp³-hybridized carbons (Fsp3) is 0.400. The Morgan fingerprint density at radius 1 is 0.893 bits per heavy atom. The van der Waals surface area contributed by atoms with Crippen LogP contribution in [0.1, 0.15) is 33.1 Å². The van der Waals surface area contributed by atoms with Gasteiger partial charge in [-0.1, -0.05) is 26.3 Å². The van der Waals surface area contributed by atoms with Crippen molar-refractivity contribution >= 4 is 23.5 Å². The third-order valence-electron chi connectivity index (χ3n) is 3.16. The van der Waals surface area contributed by atoms with Crippen LogP contribution in [0.15, 0.2) is 49.1 Å². The maximum absolute atomic E-state index is 11.1. The lowest BCUT2D eigenvalue weighted by Crippen LogP contribution is -2.21. The van der Waals surface area contributed by atoms with Crippen molar-refractivity contribution in [3.05, 3.63) is 49.1 Å². The van der Waals surface area contributed by atoms with Crippen LogP contribution >= 0.6 is 0 Å². The zero-order valence-electron chi connectivity index (χ0n) is 16.3. The lowest BCUT2D eigenvalue weighted by molar-refractivity contribution is -0.141. The number of carboxylic acid groups (broad SMARTS) is 1. The van der Waals surface area contributed by atoms with Crippen LogP contribution in [-0.2, 0) is 23.9 Å². The van der Waals surface area contributed by atoms with E-state index in [1.54, 1.807) is 13.8 Å². The number of carboxylic acids is 1. The fourth-order valence-electron chi connectivity index (χ4n) is 1.52. The van der Waals surface area contributed by atoms with Gasteiger partial charge in [-0.2, -0.15) is 0 Å². The monoisotopic (exact) mass is 396 g/mol. The molecule has 0 aromatic carbocycles. The maximum Gasteiger partial charge on any atom is 0.331 e. The number of Topliss-reactive ketones (excluding diaryl/α,β-unsaturated/α-hetero) is 2. The first kappa shape index (κ1) is 27.4. The summed E-state index contributed by atoms with van der Waals surface area (Å²) < 4.78 is 4.54. The Labute approximate surface area is 164 Å². The minimum atomic E-state index is -1.16. The standard InChI is InChI=1S/2C10H14O4/c1-6(2)9(12)5-8(11)4-7(3)10(13)14;1-4-10(13)14-6-8(11)5-9(12)7(2)3/h8,11H,1,3-5H2,2H3,(H,13,14);4,8,11H,1-2,5-6H2,3H3. The lowest BCUT2D eigenvalue weighted by atomic mass is 10.0. The molecule has 0 aliphatic rings. The molecule has 0 heterocycles. The van der Waals surface area contributed by atoms with Crippen LogP contribution in [0.3, 0.4) is 0 Å². The van der Waals surface area contributed by atoms with Crippen molar-refractivity contribution in [3.63, 3.8) is 0 Å². The number of aliphatic hydroxyl groups excluding tert-OH is 2. The molecule has 28 heavy (non-hydrogen) atoms. The average Bonchev–Trinajstić information content (AvgIpc) is 2.59. The van der Waals surface area contributed by atoms with Gasteiger partial charge in [0.1, 0.15) is 6.61 Å². The topological polar surface area (TPSA) is 138 Å². The molecule has 0 aromatic heterocycles. The first-order chi connectivity index (χ1) is 12.8. The number of ketones is 2. The van der Waals surface area contributed by atoms with E-state index in [-0.39, 0.29) is 43.0 Å². The first-order valence-corrected chi connectivity index (χ1v) is 8.25. The van der Waals surface area contributed by atoms with Crippen LogP contribution < -0.4 is 0 Å². The number of hydrogen-bond donors (Lipinski definition) is 3. The molecule has 2 atom stereocenters. The quantitative estimate of drug-likeness (QED) is 0.333. The molecule has 0 bridgehead atoms. The summed E-state index contributed by atoms with van der Waals surface area (Å²) in [4.78, 5) is 43.0. The van der Waals surface area contributed by atoms with Crippen LogP contribution in [0.5, 0.6) is 0 Å². The Morgan fingerprint density at radius 2 is 1.32 bits per heavy atom. The van der Waals surface area contributed by atoms with Crippen molar-refractivity contribution in [3.8, 4) is 0 Å². The molecular weight excluding hydrogens is 368 g/mol. The Kier molecular flexibility index (Phi) is 13.9. The molecule has 0 rings (SSSR count). The fourth-order valence-corrected chi connectivity index (χ4v) is 1.52. The Balaban J connectivity index is 0. The van der Waals surface area contributed by atoms with Crippen LogP contribution in [0.4, 0.5) is 0 Å². The summed E-state index contributed by atoms with van der Waals surface area (Å²) in [7, 11) is 0. The van der Waals surface area contributed by atoms with Crippen molar-refractivity contribution < 1.29 is 39.2 Å². The second-order valence-corrected chi connectivity index (χ2v) is 6.07. The minimum absolute atomic E-state index is 0.0836. The van der Waals surface area contributed by atoms with Gasteiger partial charge in [0.15, 0.2) is 11.6 Å². The van der Waals surface area contributed by atoms with E-state index in [2.05, 4.69) is 31.1 Å². The van der Waals surface area contributed by atoms with Gasteiger partial charge in [0.05, 0.1) is 12.2 Å². The molecule has 0 spiro atoms. The smallest absolute Gasteiger partial charge is 0.331 e. The number of carbonyl (C=O) groups is 4. The third kappa shape index (κ3) is 14.3. The van der Waals surface area contributed by atoms with E-state index in [0.29, 0.717) is 11.1 Å². The highest BCUT2D eigenvalue weighted by atomic mass is 16.5. The number of esters is 1. The molecule has 0 saturated heterocycles. The molecule has 0 saturated carbocycles. The van der Waals surface area contributed by atoms with Crippen molar-refractivity contribution in [1.29, 1.82) is 0 Å². The number of aliphatic hydroxyl groups is 2. The maximum atomic E-state index is 11.1. The number of allylic oxidation sites excluding steroid dienone is 2. The number of aliphatic carboxylic acids is 1. The van der Waals surface area contributed by atoms with Gasteiger partial charge in [0.25, 0.3) is 0 Å². The predicted molar refractivity (Wildman–Crippen MR) is 103 cm³/mol. The zero-order chi connectivity index (χ0) is 22.4. The SMILES string of the molecule is C=C(C)C(=O)CC(O)CC(=C)C(=O)O.C=CC(=O)OCC(O)CC(=O)C(=C)C. The van der Waals surface area contributed by atoms with Gasteiger partial charge < -0.3 is 20.1 Å². The van der Waals surface area contributed by atoms with Gasteiger partial charge >= 0.3 is 11.9 Å². The minimum Gasteiger partial charge on any atom is -0.478 e. The Morgan fingerprint density at radius 3 is 1.68 bits per heavy atom. The summed E-state index contributed by atoms with van der Waals surface area (Å²) in [6.45, 7) is 16.2. The van der Waals surface area contributed by atoms with Gasteiger partial charge in [-0.25, -0.2) is 9.59 Å². The molecule has 0 aromatic rings. The van der Waals surface area contributed by atoms with Crippen LogP contribution in [0, 0.1) is 0 Å². The van der Waals surface area contributed by atoms with Gasteiger partial charge in [-0.05, 0) is 25.0 Å². The van der Waals surface area contributed by atoms with Crippen molar-refractivity contribution in [2.24, 2.45) is 0 Å². The lowest BCUT2D eigenvalue weighted by Gasteiger charge is -2.09. The third-order valence-corrected chi connectivity index (χ3v) is 3.16. The zero-order valence-corrected chi connectivity index (χ0v) is 16.3. The Hall–Kier alpha value is -2.84. The van der Waals surface area contributed by atoms with E-state index in [0.717, 1.165) is 6.08 Å². The van der Waals surface area contributed by atoms with Gasteiger partial charge in [0.2, 0.25) is 0 Å². The summed E-state index contributed by atoms with van der Waals surface area (Å²) in [5, 5.41) is 27.0. The molecule has 8 heteroatoms. The van der Waals surface area contributed by atoms with Crippen molar-refractivity contribution in [2.45, 2.75) is 45.3 Å². The molecule has 0 aliphatic heterocycles. The summed E-state index contributed by atoms with van der Waals surface area (Å²) in [6, 6.07) is 0. The predicted octanol–water partition coefficient (Wildman–Crippen LogP) is 1.53. The van der Waals surface area contributed by atoms with E-state index < -0.39 is 24.1 Å². The molecule has 0 radical (unpaired) electrons. The number of hydrogen-bond acceptors (Lipinski definition) is 7. The summed E-state index contributed by atoms with van der Waals surface area (Å²) in [5.41, 5.74) is 0.621. The number of carbonyl (C=O) groups excluding carboxylic acids is 3. The van der Waals surface area contributed by atoms with Crippen molar-refractivity contribution in [2.75, 3.05) is 6.61 Å². The van der Waals surface area contributed by atoms with E-state index in [4.69, 9.17) is 5.11 Å². The highest BCUT2D eigenvalue weighted by Gasteiger charge is 2.15. The van der Waals surface area contributed by atoms with Crippen LogP contribution in [0.2, 0.25) is 0 Å². The van der Waals surface area contributed by atoms with E-state index in [1.807, 2.05) is 0 Å². The molecule has 0 fully saturated rings. The normalized spacial score (nSPS) is 11.7. The van der Waals surface area contributed by atoms with E-state index in [9.17, 15) is 29.4 Å². The molecule has 0 amide bonds. The van der Waals surface area contributed by atoms with Crippen molar-refractivity contribution in [1.82, 2.24) is 0 Å². The summed E-state index contributed by atoms with van der Waals surface area (Å²) in [5.74, 6) is -2.29. The van der Waals surface area contributed by atoms with Crippen LogP contribution in [0.25, 0.3) is 0 Å². The van der Waals surface area contributed by atoms with E-state index in [1.165, 1.54) is 0 Å². The highest BCUT2D eigenvalue weighted by molar-refractivity contribution is 5.95. The molecule has 0 aliphatic carbocycles. The first-order valence-electron chi connectivity index (χ1n) is 8.25. The largest absolute Gasteiger partial charge is 0.478 e. The molecule has 156 valence electrons. The average molecular weight is 396 g/mol. The Bertz CT molecular complexity index is 614. The number of ether oxygens (including phenoxy) is 1. The van der Waals surface area contributed by atoms with Gasteiger partial charge in [-0.3, -0.25) is 9.59 Å². The molecule has 3 N–H and O–H groups in total. The molecule has 8 nitrogen and oxygen atoms in total. The molecule has 2 unspecified atom stereocenters. The van der Waals surface area contributed by atoms with Gasteiger partial charge in [-0.15, -0.1) is 0 Å². The van der Waals surface area contributed by atoms with E-state index >= 15 is 0 Å². The second kappa shape index (κ2) is 14.2. The number of rotatable bonds is 12. The van der Waals surface area contributed by atoms with Gasteiger partial charge in [0, 0.05) is 30.9 Å². The van der Waals surface area contributed by atoms with Crippen LogP contribution in [-0.4, -0.2) is 57.6 Å². The second-order valence-electron chi connectivity index (χ2n) is 6.07. The summed E-state index contributed by atoms with van der Waals surface area (Å²) in [6.07, 6.45) is -1.28. The highest BCUT2D eigenvalue weighted by Crippen LogP contribution is 2.09. The summed E-state index contributed by atoms with van der Waals surface area (Å²) >= 11 is 0. The molecular formula is C20H28O8.